The number of alkyl halides is 1. The number of nitrogens with two attached hydrogens (primary N) is 1. The lowest BCUT2D eigenvalue weighted by atomic mass is 10.5. The van der Waals surface area contributed by atoms with E-state index in [1.165, 1.54) is 6.92 Å². The molecule has 1 aromatic rings. The van der Waals surface area contributed by atoms with Crippen LogP contribution in [-0.2, 0) is 14.3 Å². The Morgan fingerprint density at radius 1 is 1.48 bits per heavy atom. The van der Waals surface area contributed by atoms with E-state index in [1.54, 1.807) is 19.2 Å². The molecule has 0 atom stereocenters. The van der Waals surface area contributed by atoms with E-state index in [9.17, 15) is 14.4 Å². The fourth-order valence-electron chi connectivity index (χ4n) is 0.654. The summed E-state index contributed by atoms with van der Waals surface area (Å²) in [6, 6.07) is 0. The SMILES string of the molecule is C.CC(=O)CCl.CCOC(=O)C(N)=S.Cc1csc(C(=O)O)n1. The minimum atomic E-state index is -0.951. The van der Waals surface area contributed by atoms with Crippen molar-refractivity contribution in [3.05, 3.63) is 16.1 Å². The third-order valence-corrected chi connectivity index (χ3v) is 2.96. The van der Waals surface area contributed by atoms with Gasteiger partial charge in [-0.05, 0) is 20.8 Å². The smallest absolute Gasteiger partial charge is 0.365 e. The third-order valence-electron chi connectivity index (χ3n) is 1.47. The summed E-state index contributed by atoms with van der Waals surface area (Å²) in [6.07, 6.45) is 0. The molecule has 0 unspecified atom stereocenters. The second-order valence-electron chi connectivity index (χ2n) is 3.52. The maximum atomic E-state index is 10.3. The molecule has 1 rings (SSSR count). The number of carbonyl (C=O) groups excluding carboxylic acids is 2. The van der Waals surface area contributed by atoms with Crippen molar-refractivity contribution in [2.24, 2.45) is 5.73 Å². The van der Waals surface area contributed by atoms with E-state index in [1.807, 2.05) is 0 Å². The summed E-state index contributed by atoms with van der Waals surface area (Å²) < 4.78 is 4.40. The Morgan fingerprint density at radius 3 is 2.09 bits per heavy atom. The Balaban J connectivity index is -0.000000266. The van der Waals surface area contributed by atoms with Crippen molar-refractivity contribution < 1.29 is 24.2 Å². The van der Waals surface area contributed by atoms with Gasteiger partial charge >= 0.3 is 11.9 Å². The lowest BCUT2D eigenvalue weighted by Gasteiger charge is -1.95. The average Bonchev–Trinajstić information content (AvgIpc) is 2.87. The van der Waals surface area contributed by atoms with Crippen molar-refractivity contribution in [1.82, 2.24) is 4.98 Å². The molecule has 132 valence electrons. The Morgan fingerprint density at radius 2 is 1.96 bits per heavy atom. The zero-order chi connectivity index (χ0) is 17.7. The number of ketones is 1. The summed E-state index contributed by atoms with van der Waals surface area (Å²) in [7, 11) is 0. The largest absolute Gasteiger partial charge is 0.476 e. The van der Waals surface area contributed by atoms with Crippen LogP contribution in [0.2, 0.25) is 0 Å². The van der Waals surface area contributed by atoms with Crippen molar-refractivity contribution in [3.63, 3.8) is 0 Å². The molecule has 10 heteroatoms. The maximum Gasteiger partial charge on any atom is 0.365 e. The second kappa shape index (κ2) is 15.3. The highest BCUT2D eigenvalue weighted by Crippen LogP contribution is 2.07. The van der Waals surface area contributed by atoms with Crippen LogP contribution < -0.4 is 5.73 Å². The molecule has 0 aromatic carbocycles. The number of rotatable bonds is 3. The standard InChI is InChI=1S/C5H5NO2S.C4H7NO2S.C3H5ClO.CH4/c1-3-2-9-4(6-3)5(7)8;1-2-7-4(6)3(5)8;1-3(5)2-4;/h2H,1H3,(H,7,8);2H2,1H3,(H2,5,8);2H2,1H3;1H4. The maximum absolute atomic E-state index is 10.3. The van der Waals surface area contributed by atoms with Gasteiger partial charge in [0, 0.05) is 11.1 Å². The predicted molar refractivity (Wildman–Crippen MR) is 95.4 cm³/mol. The first kappa shape index (κ1) is 26.3. The molecule has 0 aliphatic heterocycles. The molecule has 1 heterocycles. The minimum Gasteiger partial charge on any atom is -0.476 e. The summed E-state index contributed by atoms with van der Waals surface area (Å²) in [5, 5.41) is 10.2. The molecule has 0 radical (unpaired) electrons. The van der Waals surface area contributed by atoms with E-state index in [0.29, 0.717) is 6.61 Å². The van der Waals surface area contributed by atoms with Gasteiger partial charge in [-0.15, -0.1) is 22.9 Å². The van der Waals surface area contributed by atoms with E-state index in [-0.39, 0.29) is 29.1 Å². The van der Waals surface area contributed by atoms with Gasteiger partial charge in [-0.25, -0.2) is 14.6 Å². The first-order valence-electron chi connectivity index (χ1n) is 5.83. The topological polar surface area (TPSA) is 120 Å². The number of ether oxygens (including phenoxy) is 1. The predicted octanol–water partition coefficient (Wildman–Crippen LogP) is 2.44. The van der Waals surface area contributed by atoms with E-state index >= 15 is 0 Å². The number of thiazole rings is 1. The molecule has 0 amide bonds. The number of carbonyl (C=O) groups is 3. The first-order chi connectivity index (χ1) is 10.1. The third kappa shape index (κ3) is 16.6. The number of nitrogens with zero attached hydrogens (tertiary/aromatic N) is 1. The van der Waals surface area contributed by atoms with Crippen LogP contribution >= 0.6 is 35.2 Å². The van der Waals surface area contributed by atoms with Gasteiger partial charge in [-0.3, -0.25) is 4.79 Å². The Hall–Kier alpha value is -1.58. The van der Waals surface area contributed by atoms with Crippen molar-refractivity contribution in [2.45, 2.75) is 28.2 Å². The molecular formula is C13H21ClN2O5S2. The van der Waals surface area contributed by atoms with E-state index in [0.717, 1.165) is 17.0 Å². The van der Waals surface area contributed by atoms with Crippen LogP contribution in [-0.4, -0.2) is 45.3 Å². The van der Waals surface area contributed by atoms with Gasteiger partial charge in [0.1, 0.15) is 5.78 Å². The number of hydrogen-bond acceptors (Lipinski definition) is 7. The van der Waals surface area contributed by atoms with E-state index < -0.39 is 11.9 Å². The number of carboxylic acids is 1. The average molecular weight is 385 g/mol. The number of aryl methyl sites for hydroxylation is 1. The van der Waals surface area contributed by atoms with Gasteiger partial charge in [0.2, 0.25) is 5.01 Å². The van der Waals surface area contributed by atoms with Gasteiger partial charge in [0.15, 0.2) is 4.99 Å². The zero-order valence-corrected chi connectivity index (χ0v) is 14.7. The highest BCUT2D eigenvalue weighted by atomic mass is 35.5. The number of Topliss-reactive ketones (excluding diaryl/α,β-unsaturated/α-hetero) is 1. The summed E-state index contributed by atoms with van der Waals surface area (Å²) in [4.78, 5) is 33.6. The van der Waals surface area contributed by atoms with Crippen LogP contribution in [0.25, 0.3) is 0 Å². The molecule has 0 spiro atoms. The molecule has 23 heavy (non-hydrogen) atoms. The van der Waals surface area contributed by atoms with Crippen molar-refractivity contribution in [3.8, 4) is 0 Å². The van der Waals surface area contributed by atoms with Crippen LogP contribution in [0.3, 0.4) is 0 Å². The zero-order valence-electron chi connectivity index (χ0n) is 12.3. The summed E-state index contributed by atoms with van der Waals surface area (Å²) in [5.41, 5.74) is 5.64. The molecule has 0 saturated carbocycles. The summed E-state index contributed by atoms with van der Waals surface area (Å²) >= 11 is 10.4. The molecular weight excluding hydrogens is 364 g/mol. The number of aromatic carboxylic acids is 1. The molecule has 1 aromatic heterocycles. The number of aromatic nitrogens is 1. The van der Waals surface area contributed by atoms with E-state index in [4.69, 9.17) is 22.4 Å². The summed E-state index contributed by atoms with van der Waals surface area (Å²) in [6.45, 7) is 5.22. The Kier molecular flexibility index (Phi) is 17.5. The molecule has 7 nitrogen and oxygen atoms in total. The quantitative estimate of drug-likeness (QED) is 0.463. The molecule has 0 fully saturated rings. The molecule has 0 bridgehead atoms. The van der Waals surface area contributed by atoms with Crippen molar-refractivity contribution >= 4 is 57.9 Å². The molecule has 0 aliphatic rings. The van der Waals surface area contributed by atoms with Crippen LogP contribution in [0.5, 0.6) is 0 Å². The highest BCUT2D eigenvalue weighted by molar-refractivity contribution is 7.81. The van der Waals surface area contributed by atoms with Gasteiger partial charge in [-0.1, -0.05) is 19.6 Å². The normalized spacial score (nSPS) is 8.17. The van der Waals surface area contributed by atoms with Gasteiger partial charge in [0.05, 0.1) is 12.5 Å². The lowest BCUT2D eigenvalue weighted by Crippen LogP contribution is -2.23. The monoisotopic (exact) mass is 384 g/mol. The molecule has 0 aliphatic carbocycles. The Bertz CT molecular complexity index is 520. The van der Waals surface area contributed by atoms with Crippen LogP contribution in [0.1, 0.15) is 36.8 Å². The molecule has 3 N–H and O–H groups in total. The van der Waals surface area contributed by atoms with E-state index in [2.05, 4.69) is 21.9 Å². The van der Waals surface area contributed by atoms with Crippen molar-refractivity contribution in [2.75, 3.05) is 12.5 Å². The Labute approximate surface area is 149 Å². The number of carboxylic acid groups (broad SMARTS) is 1. The number of thiocarbonyl (C=S) groups is 1. The second-order valence-corrected chi connectivity index (χ2v) is 5.08. The minimum absolute atomic E-state index is 0. The fraction of sp³-hybridized carbons (Fsp3) is 0.462. The molecule has 0 saturated heterocycles. The van der Waals surface area contributed by atoms with Gasteiger partial charge in [-0.2, -0.15) is 0 Å². The summed E-state index contributed by atoms with van der Waals surface area (Å²) in [5.74, 6) is -1.40. The van der Waals surface area contributed by atoms with Crippen LogP contribution in [0, 0.1) is 6.92 Å². The number of halogens is 1. The van der Waals surface area contributed by atoms with Gasteiger partial charge in [0.25, 0.3) is 0 Å². The highest BCUT2D eigenvalue weighted by Gasteiger charge is 2.05. The lowest BCUT2D eigenvalue weighted by molar-refractivity contribution is -0.134. The van der Waals surface area contributed by atoms with Crippen LogP contribution in [0.4, 0.5) is 0 Å². The number of esters is 1. The number of hydrogen-bond donors (Lipinski definition) is 2. The van der Waals surface area contributed by atoms with Crippen LogP contribution in [0.15, 0.2) is 5.38 Å². The van der Waals surface area contributed by atoms with Gasteiger partial charge < -0.3 is 15.6 Å². The first-order valence-corrected chi connectivity index (χ1v) is 7.65. The van der Waals surface area contributed by atoms with Crippen molar-refractivity contribution in [1.29, 1.82) is 0 Å². The fourth-order valence-corrected chi connectivity index (χ4v) is 1.35.